The SMILES string of the molecule is CCN(Cc1cccc(NC(=O)CC(N)c2ccccc2)c1)C(=O)C(F)(F)F.Cl. The molecule has 29 heavy (non-hydrogen) atoms. The van der Waals surface area contributed by atoms with Crippen LogP contribution in [0.2, 0.25) is 0 Å². The summed E-state index contributed by atoms with van der Waals surface area (Å²) in [7, 11) is 0. The summed E-state index contributed by atoms with van der Waals surface area (Å²) in [4.78, 5) is 24.4. The van der Waals surface area contributed by atoms with Gasteiger partial charge >= 0.3 is 12.1 Å². The molecule has 5 nitrogen and oxygen atoms in total. The van der Waals surface area contributed by atoms with Gasteiger partial charge in [0, 0.05) is 31.2 Å². The third kappa shape index (κ3) is 7.40. The van der Waals surface area contributed by atoms with E-state index in [9.17, 15) is 22.8 Å². The molecule has 3 N–H and O–H groups in total. The average Bonchev–Trinajstić information content (AvgIpc) is 2.65. The molecule has 9 heteroatoms. The van der Waals surface area contributed by atoms with Crippen molar-refractivity contribution in [3.8, 4) is 0 Å². The predicted octanol–water partition coefficient (Wildman–Crippen LogP) is 4.05. The lowest BCUT2D eigenvalue weighted by atomic mass is 10.0. The summed E-state index contributed by atoms with van der Waals surface area (Å²) in [5.41, 5.74) is 7.76. The van der Waals surface area contributed by atoms with Gasteiger partial charge in [-0.1, -0.05) is 42.5 Å². The molecule has 2 rings (SSSR count). The molecule has 0 radical (unpaired) electrons. The van der Waals surface area contributed by atoms with Crippen LogP contribution >= 0.6 is 12.4 Å². The van der Waals surface area contributed by atoms with Crippen molar-refractivity contribution in [2.24, 2.45) is 5.73 Å². The molecule has 0 aromatic heterocycles. The van der Waals surface area contributed by atoms with Crippen LogP contribution in [-0.4, -0.2) is 29.4 Å². The number of nitrogens with zero attached hydrogens (tertiary/aromatic N) is 1. The minimum Gasteiger partial charge on any atom is -0.331 e. The molecule has 0 fully saturated rings. The number of benzene rings is 2. The van der Waals surface area contributed by atoms with E-state index in [-0.39, 0.29) is 37.8 Å². The highest BCUT2D eigenvalue weighted by Crippen LogP contribution is 2.21. The van der Waals surface area contributed by atoms with Crippen LogP contribution in [0.1, 0.15) is 30.5 Å². The molecule has 0 heterocycles. The van der Waals surface area contributed by atoms with Crippen LogP contribution in [0.15, 0.2) is 54.6 Å². The van der Waals surface area contributed by atoms with E-state index in [1.807, 2.05) is 30.3 Å². The van der Waals surface area contributed by atoms with Gasteiger partial charge in [0.05, 0.1) is 0 Å². The number of rotatable bonds is 7. The lowest BCUT2D eigenvalue weighted by Gasteiger charge is -2.22. The number of hydrogen-bond donors (Lipinski definition) is 2. The highest BCUT2D eigenvalue weighted by atomic mass is 35.5. The number of anilines is 1. The highest BCUT2D eigenvalue weighted by Gasteiger charge is 2.41. The van der Waals surface area contributed by atoms with Crippen LogP contribution in [-0.2, 0) is 16.1 Å². The van der Waals surface area contributed by atoms with Gasteiger partial charge in [-0.3, -0.25) is 9.59 Å². The largest absolute Gasteiger partial charge is 0.471 e. The van der Waals surface area contributed by atoms with Crippen LogP contribution in [0.5, 0.6) is 0 Å². The van der Waals surface area contributed by atoms with Gasteiger partial charge in [0.2, 0.25) is 5.91 Å². The standard InChI is InChI=1S/C20H22F3N3O2.ClH/c1-2-26(19(28)20(21,22)23)13-14-7-6-10-16(11-14)25-18(27)12-17(24)15-8-4-3-5-9-15;/h3-11,17H,2,12-13,24H2,1H3,(H,25,27);1H. The van der Waals surface area contributed by atoms with E-state index in [4.69, 9.17) is 5.73 Å². The Morgan fingerprint density at radius 3 is 2.34 bits per heavy atom. The summed E-state index contributed by atoms with van der Waals surface area (Å²) < 4.78 is 37.9. The van der Waals surface area contributed by atoms with E-state index < -0.39 is 18.1 Å². The van der Waals surface area contributed by atoms with Gasteiger partial charge in [-0.25, -0.2) is 0 Å². The molecule has 1 atom stereocenters. The molecule has 0 bridgehead atoms. The lowest BCUT2D eigenvalue weighted by Crippen LogP contribution is -2.40. The topological polar surface area (TPSA) is 75.4 Å². The molecule has 158 valence electrons. The van der Waals surface area contributed by atoms with Crippen molar-refractivity contribution in [3.63, 3.8) is 0 Å². The van der Waals surface area contributed by atoms with E-state index in [0.29, 0.717) is 16.2 Å². The zero-order valence-corrected chi connectivity index (χ0v) is 16.6. The fourth-order valence-electron chi connectivity index (χ4n) is 2.70. The number of amides is 2. The van der Waals surface area contributed by atoms with Gasteiger partial charge in [0.1, 0.15) is 0 Å². The van der Waals surface area contributed by atoms with Crippen LogP contribution in [0.3, 0.4) is 0 Å². The Balaban J connectivity index is 0.00000420. The normalized spacial score (nSPS) is 11.9. The average molecular weight is 430 g/mol. The minimum absolute atomic E-state index is 0. The Labute approximate surface area is 173 Å². The van der Waals surface area contributed by atoms with Crippen molar-refractivity contribution in [3.05, 3.63) is 65.7 Å². The van der Waals surface area contributed by atoms with Crippen LogP contribution in [0, 0.1) is 0 Å². The van der Waals surface area contributed by atoms with Gasteiger partial charge < -0.3 is 16.0 Å². The molecule has 2 amide bonds. The fraction of sp³-hybridized carbons (Fsp3) is 0.300. The zero-order chi connectivity index (χ0) is 20.7. The Bertz CT molecular complexity index is 816. The molecule has 2 aromatic carbocycles. The quantitative estimate of drug-likeness (QED) is 0.697. The number of halogens is 4. The van der Waals surface area contributed by atoms with Crippen LogP contribution < -0.4 is 11.1 Å². The van der Waals surface area contributed by atoms with Crippen molar-refractivity contribution >= 4 is 29.9 Å². The monoisotopic (exact) mass is 429 g/mol. The molecule has 0 aliphatic heterocycles. The van der Waals surface area contributed by atoms with Gasteiger partial charge in [-0.2, -0.15) is 13.2 Å². The van der Waals surface area contributed by atoms with E-state index >= 15 is 0 Å². The predicted molar refractivity (Wildman–Crippen MR) is 107 cm³/mol. The zero-order valence-electron chi connectivity index (χ0n) is 15.8. The summed E-state index contributed by atoms with van der Waals surface area (Å²) in [6, 6.07) is 15.1. The van der Waals surface area contributed by atoms with Crippen molar-refractivity contribution in [1.29, 1.82) is 0 Å². The van der Waals surface area contributed by atoms with Gasteiger partial charge in [0.25, 0.3) is 0 Å². The summed E-state index contributed by atoms with van der Waals surface area (Å²) in [6.07, 6.45) is -4.86. The van der Waals surface area contributed by atoms with Crippen molar-refractivity contribution in [2.75, 3.05) is 11.9 Å². The molecule has 2 aromatic rings. The summed E-state index contributed by atoms with van der Waals surface area (Å²) >= 11 is 0. The lowest BCUT2D eigenvalue weighted by molar-refractivity contribution is -0.185. The Morgan fingerprint density at radius 2 is 1.76 bits per heavy atom. The van der Waals surface area contributed by atoms with Crippen LogP contribution in [0.25, 0.3) is 0 Å². The fourth-order valence-corrected chi connectivity index (χ4v) is 2.70. The second-order valence-corrected chi connectivity index (χ2v) is 6.29. The Kier molecular flexibility index (Phi) is 9.13. The number of carbonyl (C=O) groups excluding carboxylic acids is 2. The second-order valence-electron chi connectivity index (χ2n) is 6.29. The van der Waals surface area contributed by atoms with E-state index in [1.165, 1.54) is 13.0 Å². The molecule has 0 spiro atoms. The second kappa shape index (κ2) is 10.8. The Morgan fingerprint density at radius 1 is 1.10 bits per heavy atom. The maximum Gasteiger partial charge on any atom is 0.471 e. The van der Waals surface area contributed by atoms with Gasteiger partial charge in [-0.05, 0) is 30.2 Å². The summed E-state index contributed by atoms with van der Waals surface area (Å²) in [5.74, 6) is -2.20. The number of nitrogens with one attached hydrogen (secondary N) is 1. The Hall–Kier alpha value is -2.58. The molecule has 0 aliphatic rings. The van der Waals surface area contributed by atoms with Crippen molar-refractivity contribution in [1.82, 2.24) is 4.90 Å². The first kappa shape index (κ1) is 24.5. The van der Waals surface area contributed by atoms with E-state index in [1.54, 1.807) is 18.2 Å². The maximum absolute atomic E-state index is 12.6. The molecular weight excluding hydrogens is 407 g/mol. The minimum atomic E-state index is -4.92. The molecular formula is C20H23ClF3N3O2. The first-order valence-electron chi connectivity index (χ1n) is 8.76. The van der Waals surface area contributed by atoms with Crippen molar-refractivity contribution < 1.29 is 22.8 Å². The summed E-state index contributed by atoms with van der Waals surface area (Å²) in [6.45, 7) is 1.18. The maximum atomic E-state index is 12.6. The smallest absolute Gasteiger partial charge is 0.331 e. The molecule has 0 aliphatic carbocycles. The molecule has 0 saturated heterocycles. The highest BCUT2D eigenvalue weighted by molar-refractivity contribution is 5.91. The third-order valence-electron chi connectivity index (χ3n) is 4.13. The number of hydrogen-bond acceptors (Lipinski definition) is 3. The van der Waals surface area contributed by atoms with Gasteiger partial charge in [-0.15, -0.1) is 12.4 Å². The first-order valence-corrected chi connectivity index (χ1v) is 8.76. The van der Waals surface area contributed by atoms with Gasteiger partial charge in [0.15, 0.2) is 0 Å². The first-order chi connectivity index (χ1) is 13.2. The third-order valence-corrected chi connectivity index (χ3v) is 4.13. The van der Waals surface area contributed by atoms with E-state index in [0.717, 1.165) is 5.56 Å². The van der Waals surface area contributed by atoms with Crippen LogP contribution in [0.4, 0.5) is 18.9 Å². The number of alkyl halides is 3. The van der Waals surface area contributed by atoms with Crippen molar-refractivity contribution in [2.45, 2.75) is 32.1 Å². The number of nitrogens with two attached hydrogens (primary N) is 1. The number of carbonyl (C=O) groups is 2. The molecule has 1 unspecified atom stereocenters. The molecule has 0 saturated carbocycles. The summed E-state index contributed by atoms with van der Waals surface area (Å²) in [5, 5.41) is 2.69. The van der Waals surface area contributed by atoms with E-state index in [2.05, 4.69) is 5.32 Å².